The summed E-state index contributed by atoms with van der Waals surface area (Å²) < 4.78 is 1.10. The highest BCUT2D eigenvalue weighted by Gasteiger charge is 2.17. The molecule has 0 saturated heterocycles. The molecule has 1 aliphatic carbocycles. The Bertz CT molecular complexity index is 340. The quantitative estimate of drug-likeness (QED) is 0.590. The molecule has 1 aliphatic rings. The summed E-state index contributed by atoms with van der Waals surface area (Å²) >= 11 is 3.46. The van der Waals surface area contributed by atoms with Crippen molar-refractivity contribution in [3.63, 3.8) is 0 Å². The van der Waals surface area contributed by atoms with Crippen LogP contribution in [0.1, 0.15) is 18.4 Å². The molecule has 0 unspecified atom stereocenters. The summed E-state index contributed by atoms with van der Waals surface area (Å²) in [7, 11) is 0. The van der Waals surface area contributed by atoms with Crippen LogP contribution in [-0.2, 0) is 0 Å². The summed E-state index contributed by atoms with van der Waals surface area (Å²) in [6, 6.07) is 8.09. The topological polar surface area (TPSA) is 0 Å². The highest BCUT2D eigenvalue weighted by Crippen LogP contribution is 2.27. The van der Waals surface area contributed by atoms with E-state index in [-0.39, 0.29) is 0 Å². The van der Waals surface area contributed by atoms with E-state index in [1.165, 1.54) is 12.8 Å². The second-order valence-electron chi connectivity index (χ2n) is 3.02. The van der Waals surface area contributed by atoms with Crippen molar-refractivity contribution in [2.45, 2.75) is 12.8 Å². The zero-order valence-corrected chi connectivity index (χ0v) is 8.26. The van der Waals surface area contributed by atoms with Crippen LogP contribution in [0.5, 0.6) is 0 Å². The zero-order chi connectivity index (χ0) is 8.39. The lowest BCUT2D eigenvalue weighted by Gasteiger charge is -1.92. The van der Waals surface area contributed by atoms with Crippen molar-refractivity contribution < 1.29 is 0 Å². The Labute approximate surface area is 81.1 Å². The normalized spacial score (nSPS) is 15.1. The smallest absolute Gasteiger partial charge is 0.0387 e. The summed E-state index contributed by atoms with van der Waals surface area (Å²) in [5.74, 6) is 7.09. The first-order valence-corrected chi connectivity index (χ1v) is 4.91. The van der Waals surface area contributed by atoms with Gasteiger partial charge in [0, 0.05) is 16.0 Å². The van der Waals surface area contributed by atoms with Crippen molar-refractivity contribution in [1.82, 2.24) is 0 Å². The summed E-state index contributed by atoms with van der Waals surface area (Å²) in [5, 5.41) is 0. The first-order chi connectivity index (χ1) is 5.86. The summed E-state index contributed by atoms with van der Waals surface area (Å²) in [6.45, 7) is 0. The molecule has 0 heterocycles. The summed E-state index contributed by atoms with van der Waals surface area (Å²) in [6.07, 6.45) is 2.58. The average molecular weight is 221 g/mol. The van der Waals surface area contributed by atoms with Crippen LogP contribution in [0.3, 0.4) is 0 Å². The predicted molar refractivity (Wildman–Crippen MR) is 53.7 cm³/mol. The van der Waals surface area contributed by atoms with E-state index < -0.39 is 0 Å². The van der Waals surface area contributed by atoms with Crippen LogP contribution in [0, 0.1) is 17.8 Å². The fourth-order valence-corrected chi connectivity index (χ4v) is 1.35. The largest absolute Gasteiger partial charge is 0.0944 e. The SMILES string of the molecule is Brc1ccccc1C#CC1CC1. The van der Waals surface area contributed by atoms with E-state index in [1.807, 2.05) is 24.3 Å². The molecule has 0 N–H and O–H groups in total. The molecule has 1 aromatic rings. The molecule has 0 nitrogen and oxygen atoms in total. The zero-order valence-electron chi connectivity index (χ0n) is 6.68. The Balaban J connectivity index is 2.23. The number of hydrogen-bond acceptors (Lipinski definition) is 0. The van der Waals surface area contributed by atoms with E-state index in [1.54, 1.807) is 0 Å². The Hall–Kier alpha value is -0.740. The van der Waals surface area contributed by atoms with Gasteiger partial charge in [0.25, 0.3) is 0 Å². The maximum absolute atomic E-state index is 3.46. The van der Waals surface area contributed by atoms with Crippen LogP contribution >= 0.6 is 15.9 Å². The van der Waals surface area contributed by atoms with Crippen molar-refractivity contribution in [1.29, 1.82) is 0 Å². The molecular weight excluding hydrogens is 212 g/mol. The molecule has 1 saturated carbocycles. The minimum absolute atomic E-state index is 0.678. The van der Waals surface area contributed by atoms with Crippen molar-refractivity contribution in [2.24, 2.45) is 5.92 Å². The lowest BCUT2D eigenvalue weighted by Crippen LogP contribution is -1.75. The van der Waals surface area contributed by atoms with Gasteiger partial charge in [-0.05, 0) is 40.9 Å². The number of halogens is 1. The molecule has 0 aromatic heterocycles. The molecule has 0 spiro atoms. The number of hydrogen-bond donors (Lipinski definition) is 0. The van der Waals surface area contributed by atoms with Gasteiger partial charge >= 0.3 is 0 Å². The van der Waals surface area contributed by atoms with Crippen molar-refractivity contribution >= 4 is 15.9 Å². The highest BCUT2D eigenvalue weighted by molar-refractivity contribution is 9.10. The van der Waals surface area contributed by atoms with Gasteiger partial charge in [-0.2, -0.15) is 0 Å². The maximum Gasteiger partial charge on any atom is 0.0387 e. The van der Waals surface area contributed by atoms with Crippen molar-refractivity contribution in [3.05, 3.63) is 34.3 Å². The van der Waals surface area contributed by atoms with Gasteiger partial charge in [0.05, 0.1) is 0 Å². The molecule has 1 heteroatoms. The molecule has 0 aliphatic heterocycles. The average Bonchev–Trinajstić information content (AvgIpc) is 2.86. The molecule has 0 amide bonds. The molecule has 12 heavy (non-hydrogen) atoms. The van der Waals surface area contributed by atoms with Crippen LogP contribution in [-0.4, -0.2) is 0 Å². The van der Waals surface area contributed by atoms with Gasteiger partial charge in [-0.3, -0.25) is 0 Å². The van der Waals surface area contributed by atoms with Crippen LogP contribution in [0.4, 0.5) is 0 Å². The van der Waals surface area contributed by atoms with Crippen LogP contribution < -0.4 is 0 Å². The fourth-order valence-electron chi connectivity index (χ4n) is 0.970. The van der Waals surface area contributed by atoms with Crippen LogP contribution in [0.2, 0.25) is 0 Å². The van der Waals surface area contributed by atoms with Crippen LogP contribution in [0.25, 0.3) is 0 Å². The molecule has 2 rings (SSSR count). The first kappa shape index (κ1) is 7.89. The lowest BCUT2D eigenvalue weighted by molar-refractivity contribution is 1.18. The third kappa shape index (κ3) is 1.89. The van der Waals surface area contributed by atoms with E-state index in [9.17, 15) is 0 Å². The van der Waals surface area contributed by atoms with E-state index >= 15 is 0 Å². The fraction of sp³-hybridized carbons (Fsp3) is 0.273. The number of rotatable bonds is 0. The van der Waals surface area contributed by atoms with Gasteiger partial charge in [0.15, 0.2) is 0 Å². The molecule has 1 fully saturated rings. The molecule has 60 valence electrons. The Morgan fingerprint density at radius 2 is 2.00 bits per heavy atom. The summed E-state index contributed by atoms with van der Waals surface area (Å²) in [4.78, 5) is 0. The third-order valence-corrected chi connectivity index (χ3v) is 2.55. The van der Waals surface area contributed by atoms with E-state index in [0.717, 1.165) is 10.0 Å². The molecule has 0 bridgehead atoms. The van der Waals surface area contributed by atoms with Crippen LogP contribution in [0.15, 0.2) is 28.7 Å². The van der Waals surface area contributed by atoms with Crippen molar-refractivity contribution in [2.75, 3.05) is 0 Å². The van der Waals surface area contributed by atoms with E-state index in [0.29, 0.717) is 5.92 Å². The second kappa shape index (κ2) is 3.33. The van der Waals surface area contributed by atoms with Gasteiger partial charge in [-0.1, -0.05) is 24.0 Å². The Kier molecular flexibility index (Phi) is 2.19. The van der Waals surface area contributed by atoms with Gasteiger partial charge in [-0.15, -0.1) is 0 Å². The van der Waals surface area contributed by atoms with E-state index in [4.69, 9.17) is 0 Å². The Morgan fingerprint density at radius 1 is 1.25 bits per heavy atom. The lowest BCUT2D eigenvalue weighted by atomic mass is 10.2. The van der Waals surface area contributed by atoms with E-state index in [2.05, 4.69) is 27.8 Å². The van der Waals surface area contributed by atoms with Gasteiger partial charge < -0.3 is 0 Å². The summed E-state index contributed by atoms with van der Waals surface area (Å²) in [5.41, 5.74) is 1.10. The minimum atomic E-state index is 0.678. The second-order valence-corrected chi connectivity index (χ2v) is 3.88. The monoisotopic (exact) mass is 220 g/mol. The molecular formula is C11H9Br. The Morgan fingerprint density at radius 3 is 2.67 bits per heavy atom. The molecule has 0 radical (unpaired) electrons. The van der Waals surface area contributed by atoms with Gasteiger partial charge in [-0.25, -0.2) is 0 Å². The maximum atomic E-state index is 3.46. The number of benzene rings is 1. The third-order valence-electron chi connectivity index (χ3n) is 1.86. The standard InChI is InChI=1S/C11H9Br/c12-11-4-2-1-3-10(11)8-7-9-5-6-9/h1-4,9H,5-6H2. The predicted octanol–water partition coefficient (Wildman–Crippen LogP) is 3.21. The van der Waals surface area contributed by atoms with Gasteiger partial charge in [0.2, 0.25) is 0 Å². The molecule has 1 aromatic carbocycles. The van der Waals surface area contributed by atoms with Gasteiger partial charge in [0.1, 0.15) is 0 Å². The molecule has 0 atom stereocenters. The first-order valence-electron chi connectivity index (χ1n) is 4.12. The minimum Gasteiger partial charge on any atom is -0.0944 e. The van der Waals surface area contributed by atoms with Crippen molar-refractivity contribution in [3.8, 4) is 11.8 Å². The highest BCUT2D eigenvalue weighted by atomic mass is 79.9.